The van der Waals surface area contributed by atoms with Crippen LogP contribution in [0, 0.1) is 17.8 Å². The molecule has 2 unspecified atom stereocenters. The fraction of sp³-hybridized carbons (Fsp3) is 0.846. The van der Waals surface area contributed by atoms with Crippen LogP contribution in [0.5, 0.6) is 0 Å². The fourth-order valence-electron chi connectivity index (χ4n) is 3.35. The first-order valence-electron chi connectivity index (χ1n) is 6.87. The molecule has 0 aromatic heterocycles. The van der Waals surface area contributed by atoms with Crippen LogP contribution in [0.4, 0.5) is 0 Å². The average molecular weight is 303 g/mol. The van der Waals surface area contributed by atoms with E-state index in [4.69, 9.17) is 0 Å². The van der Waals surface area contributed by atoms with Crippen LogP contribution in [0.25, 0.3) is 0 Å². The number of carboxylic acid groups (broad SMARTS) is 1. The summed E-state index contributed by atoms with van der Waals surface area (Å²) in [6.07, 6.45) is 1.44. The highest BCUT2D eigenvalue weighted by Gasteiger charge is 2.45. The summed E-state index contributed by atoms with van der Waals surface area (Å²) in [7, 11) is -3.09. The Bertz CT molecular complexity index is 529. The van der Waals surface area contributed by atoms with E-state index >= 15 is 0 Å². The summed E-state index contributed by atoms with van der Waals surface area (Å²) >= 11 is 0. The zero-order chi connectivity index (χ0) is 15.1. The smallest absolute Gasteiger partial charge is 0.307 e. The van der Waals surface area contributed by atoms with Gasteiger partial charge in [0, 0.05) is 0 Å². The van der Waals surface area contributed by atoms with Crippen LogP contribution in [-0.4, -0.2) is 42.4 Å². The summed E-state index contributed by atoms with van der Waals surface area (Å²) in [6.45, 7) is 3.65. The standard InChI is InChI=1S/C13H21NO5S/c1-8-5-9(10(6-8)12(16)17)11(15)14-13(2)3-4-20(18,19)7-13/h8-10H,3-7H2,1-2H3,(H,14,15)(H,16,17)/t8?,9-,10+,13?/m0/s1. The molecule has 1 aliphatic heterocycles. The third kappa shape index (κ3) is 3.13. The van der Waals surface area contributed by atoms with Crippen molar-refractivity contribution in [2.24, 2.45) is 17.8 Å². The monoisotopic (exact) mass is 303 g/mol. The first kappa shape index (κ1) is 15.3. The molecule has 4 atom stereocenters. The zero-order valence-electron chi connectivity index (χ0n) is 11.8. The van der Waals surface area contributed by atoms with Gasteiger partial charge in [-0.1, -0.05) is 6.92 Å². The molecule has 0 spiro atoms. The minimum atomic E-state index is -3.09. The lowest BCUT2D eigenvalue weighted by atomic mass is 9.93. The molecule has 2 fully saturated rings. The van der Waals surface area contributed by atoms with E-state index in [-0.39, 0.29) is 23.3 Å². The van der Waals surface area contributed by atoms with Crippen molar-refractivity contribution in [1.82, 2.24) is 5.32 Å². The van der Waals surface area contributed by atoms with Crippen LogP contribution in [0.3, 0.4) is 0 Å². The molecule has 0 radical (unpaired) electrons. The van der Waals surface area contributed by atoms with Gasteiger partial charge in [-0.25, -0.2) is 8.42 Å². The second-order valence-corrected chi connectivity index (χ2v) is 8.70. The van der Waals surface area contributed by atoms with Crippen molar-refractivity contribution in [2.45, 2.75) is 38.6 Å². The molecular formula is C13H21NO5S. The Morgan fingerprint density at radius 2 is 1.85 bits per heavy atom. The third-order valence-electron chi connectivity index (χ3n) is 4.38. The molecule has 1 heterocycles. The fourth-order valence-corrected chi connectivity index (χ4v) is 5.45. The molecular weight excluding hydrogens is 282 g/mol. The summed E-state index contributed by atoms with van der Waals surface area (Å²) in [5, 5.41) is 12.0. The van der Waals surface area contributed by atoms with Crippen LogP contribution >= 0.6 is 0 Å². The minimum absolute atomic E-state index is 0.0637. The van der Waals surface area contributed by atoms with Gasteiger partial charge < -0.3 is 10.4 Å². The molecule has 114 valence electrons. The highest BCUT2D eigenvalue weighted by Crippen LogP contribution is 2.37. The molecule has 1 aliphatic carbocycles. The number of hydrogen-bond donors (Lipinski definition) is 2. The number of rotatable bonds is 3. The van der Waals surface area contributed by atoms with Crippen LogP contribution in [0.15, 0.2) is 0 Å². The van der Waals surface area contributed by atoms with Gasteiger partial charge >= 0.3 is 5.97 Å². The van der Waals surface area contributed by atoms with E-state index in [1.807, 2.05) is 6.92 Å². The Kier molecular flexibility index (Phi) is 3.83. The van der Waals surface area contributed by atoms with E-state index in [1.54, 1.807) is 6.92 Å². The third-order valence-corrected chi connectivity index (χ3v) is 6.28. The second-order valence-electron chi connectivity index (χ2n) is 6.52. The maximum atomic E-state index is 12.3. The summed E-state index contributed by atoms with van der Waals surface area (Å²) in [6, 6.07) is 0. The molecule has 1 saturated heterocycles. The maximum Gasteiger partial charge on any atom is 0.307 e. The zero-order valence-corrected chi connectivity index (χ0v) is 12.6. The molecule has 2 rings (SSSR count). The summed E-state index contributed by atoms with van der Waals surface area (Å²) in [5.74, 6) is -2.26. The van der Waals surface area contributed by atoms with Crippen molar-refractivity contribution in [3.8, 4) is 0 Å². The lowest BCUT2D eigenvalue weighted by Crippen LogP contribution is -2.50. The molecule has 0 aromatic rings. The van der Waals surface area contributed by atoms with Crippen LogP contribution in [0.1, 0.15) is 33.1 Å². The van der Waals surface area contributed by atoms with Crippen molar-refractivity contribution < 1.29 is 23.1 Å². The van der Waals surface area contributed by atoms with Gasteiger partial charge in [-0.05, 0) is 32.1 Å². The Labute approximate surface area is 118 Å². The first-order chi connectivity index (χ1) is 9.12. The Morgan fingerprint density at radius 1 is 1.25 bits per heavy atom. The number of nitrogens with one attached hydrogen (secondary N) is 1. The molecule has 6 nitrogen and oxygen atoms in total. The van der Waals surface area contributed by atoms with E-state index in [9.17, 15) is 23.1 Å². The average Bonchev–Trinajstić information content (AvgIpc) is 2.79. The summed E-state index contributed by atoms with van der Waals surface area (Å²) in [4.78, 5) is 23.5. The van der Waals surface area contributed by atoms with Gasteiger partial charge in [0.1, 0.15) is 0 Å². The van der Waals surface area contributed by atoms with Gasteiger partial charge in [0.2, 0.25) is 5.91 Å². The topological polar surface area (TPSA) is 101 Å². The van der Waals surface area contributed by atoms with E-state index in [0.717, 1.165) is 0 Å². The van der Waals surface area contributed by atoms with Gasteiger partial charge in [-0.15, -0.1) is 0 Å². The summed E-state index contributed by atoms with van der Waals surface area (Å²) in [5.41, 5.74) is -0.759. The van der Waals surface area contributed by atoms with Gasteiger partial charge in [0.05, 0.1) is 28.9 Å². The number of amides is 1. The quantitative estimate of drug-likeness (QED) is 0.787. The van der Waals surface area contributed by atoms with Gasteiger partial charge in [-0.2, -0.15) is 0 Å². The van der Waals surface area contributed by atoms with Crippen LogP contribution in [-0.2, 0) is 19.4 Å². The number of aliphatic carboxylic acids is 1. The Hall–Kier alpha value is -1.11. The van der Waals surface area contributed by atoms with E-state index in [0.29, 0.717) is 19.3 Å². The number of carboxylic acids is 1. The molecule has 20 heavy (non-hydrogen) atoms. The second kappa shape index (κ2) is 5.02. The van der Waals surface area contributed by atoms with Gasteiger partial charge in [0.15, 0.2) is 9.84 Å². The van der Waals surface area contributed by atoms with Crippen LogP contribution in [0.2, 0.25) is 0 Å². The molecule has 7 heteroatoms. The highest BCUT2D eigenvalue weighted by atomic mass is 32.2. The van der Waals surface area contributed by atoms with E-state index < -0.39 is 33.2 Å². The predicted molar refractivity (Wildman–Crippen MR) is 72.8 cm³/mol. The predicted octanol–water partition coefficient (Wildman–Crippen LogP) is 0.427. The van der Waals surface area contributed by atoms with Crippen molar-refractivity contribution in [3.63, 3.8) is 0 Å². The van der Waals surface area contributed by atoms with Crippen molar-refractivity contribution in [3.05, 3.63) is 0 Å². The Balaban J connectivity index is 2.07. The van der Waals surface area contributed by atoms with Gasteiger partial charge in [0.25, 0.3) is 0 Å². The first-order valence-corrected chi connectivity index (χ1v) is 8.69. The van der Waals surface area contributed by atoms with Crippen molar-refractivity contribution in [1.29, 1.82) is 0 Å². The lowest BCUT2D eigenvalue weighted by Gasteiger charge is -2.27. The SMILES string of the molecule is CC1C[C@H](C(=O)NC2(C)CCS(=O)(=O)C2)[C@H](C(=O)O)C1. The van der Waals surface area contributed by atoms with E-state index in [2.05, 4.69) is 5.32 Å². The number of hydrogen-bond acceptors (Lipinski definition) is 4. The highest BCUT2D eigenvalue weighted by molar-refractivity contribution is 7.91. The maximum absolute atomic E-state index is 12.3. The number of carbonyl (C=O) groups is 2. The molecule has 2 N–H and O–H groups in total. The van der Waals surface area contributed by atoms with Gasteiger partial charge in [-0.3, -0.25) is 9.59 Å². The molecule has 1 amide bonds. The van der Waals surface area contributed by atoms with Crippen LogP contribution < -0.4 is 5.32 Å². The Morgan fingerprint density at radius 3 is 2.35 bits per heavy atom. The largest absolute Gasteiger partial charge is 0.481 e. The molecule has 0 aromatic carbocycles. The lowest BCUT2D eigenvalue weighted by molar-refractivity contribution is -0.146. The number of sulfone groups is 1. The number of carbonyl (C=O) groups excluding carboxylic acids is 1. The normalized spacial score (nSPS) is 39.6. The summed E-state index contributed by atoms with van der Waals surface area (Å²) < 4.78 is 23.1. The van der Waals surface area contributed by atoms with Crippen molar-refractivity contribution >= 4 is 21.7 Å². The molecule has 2 aliphatic rings. The molecule has 0 bridgehead atoms. The van der Waals surface area contributed by atoms with E-state index in [1.165, 1.54) is 0 Å². The van der Waals surface area contributed by atoms with Crippen molar-refractivity contribution in [2.75, 3.05) is 11.5 Å². The minimum Gasteiger partial charge on any atom is -0.481 e. The molecule has 1 saturated carbocycles.